The second-order valence-corrected chi connectivity index (χ2v) is 7.02. The van der Waals surface area contributed by atoms with Gasteiger partial charge in [-0.05, 0) is 18.8 Å². The molecule has 1 aliphatic rings. The minimum Gasteiger partial charge on any atom is -0.331 e. The Kier molecular flexibility index (Phi) is 4.91. The number of hydrogen-bond acceptors (Lipinski definition) is 3. The van der Waals surface area contributed by atoms with Crippen LogP contribution in [-0.4, -0.2) is 50.0 Å². The number of hydrogen-bond donors (Lipinski definition) is 2. The van der Waals surface area contributed by atoms with Crippen LogP contribution in [-0.2, 0) is 9.59 Å². The smallest absolute Gasteiger partial charge is 0.328 e. The molecule has 0 unspecified atom stereocenters. The van der Waals surface area contributed by atoms with Crippen molar-refractivity contribution in [2.45, 2.75) is 33.1 Å². The summed E-state index contributed by atoms with van der Waals surface area (Å²) in [5, 5.41) is 4.49. The molecule has 0 saturated carbocycles. The highest BCUT2D eigenvalue weighted by atomic mass is 16.2. The summed E-state index contributed by atoms with van der Waals surface area (Å²) < 4.78 is 0.665. The van der Waals surface area contributed by atoms with E-state index in [9.17, 15) is 14.4 Å². The molecule has 1 saturated heterocycles. The van der Waals surface area contributed by atoms with Crippen molar-refractivity contribution in [1.82, 2.24) is 10.6 Å². The number of carbonyl (C=O) groups is 3. The first-order chi connectivity index (χ1) is 9.07. The van der Waals surface area contributed by atoms with Crippen LogP contribution in [0, 0.1) is 11.3 Å². The summed E-state index contributed by atoms with van der Waals surface area (Å²) in [6.07, 6.45) is 1.68. The van der Waals surface area contributed by atoms with Gasteiger partial charge in [-0.25, -0.2) is 4.79 Å². The fourth-order valence-corrected chi connectivity index (χ4v) is 2.22. The van der Waals surface area contributed by atoms with Gasteiger partial charge in [0.05, 0.1) is 27.7 Å². The van der Waals surface area contributed by atoms with Gasteiger partial charge in [0, 0.05) is 6.42 Å². The molecular weight excluding hydrogens is 258 g/mol. The van der Waals surface area contributed by atoms with Gasteiger partial charge < -0.3 is 4.48 Å². The van der Waals surface area contributed by atoms with Gasteiger partial charge in [0.2, 0.25) is 11.8 Å². The van der Waals surface area contributed by atoms with Gasteiger partial charge in [-0.15, -0.1) is 0 Å². The minimum atomic E-state index is -1.12. The number of barbiturate groups is 1. The number of nitrogens with one attached hydrogen (secondary N) is 2. The van der Waals surface area contributed by atoms with Gasteiger partial charge in [0.1, 0.15) is 5.41 Å². The van der Waals surface area contributed by atoms with Gasteiger partial charge in [-0.1, -0.05) is 13.8 Å². The van der Waals surface area contributed by atoms with Crippen molar-refractivity contribution in [1.29, 1.82) is 0 Å². The number of amides is 4. The van der Waals surface area contributed by atoms with E-state index in [0.29, 0.717) is 29.8 Å². The lowest BCUT2D eigenvalue weighted by Gasteiger charge is -2.36. The predicted molar refractivity (Wildman–Crippen MR) is 75.7 cm³/mol. The van der Waals surface area contributed by atoms with E-state index in [1.807, 2.05) is 21.1 Å². The highest BCUT2D eigenvalue weighted by Gasteiger charge is 2.50. The third kappa shape index (κ3) is 4.03. The molecule has 1 rings (SSSR count). The normalized spacial score (nSPS) is 19.0. The van der Waals surface area contributed by atoms with Crippen LogP contribution in [0.3, 0.4) is 0 Å². The average Bonchev–Trinajstić information content (AvgIpc) is 2.25. The number of urea groups is 1. The highest BCUT2D eigenvalue weighted by molar-refractivity contribution is 6.19. The maximum absolute atomic E-state index is 12.3. The summed E-state index contributed by atoms with van der Waals surface area (Å²) in [6.45, 7) is 4.79. The number of quaternary nitrogens is 1. The lowest BCUT2D eigenvalue weighted by atomic mass is 9.75. The largest absolute Gasteiger partial charge is 0.331 e. The molecule has 0 bridgehead atoms. The van der Waals surface area contributed by atoms with Crippen LogP contribution >= 0.6 is 0 Å². The molecule has 0 aromatic rings. The fourth-order valence-electron chi connectivity index (χ4n) is 2.22. The molecular formula is C14H26N3O3+. The Morgan fingerprint density at radius 2 is 1.50 bits per heavy atom. The summed E-state index contributed by atoms with van der Waals surface area (Å²) in [5.41, 5.74) is -1.12. The molecule has 1 aliphatic heterocycles. The van der Waals surface area contributed by atoms with Crippen LogP contribution in [0.4, 0.5) is 4.79 Å². The van der Waals surface area contributed by atoms with Crippen molar-refractivity contribution < 1.29 is 18.9 Å². The minimum absolute atomic E-state index is 0.397. The third-order valence-corrected chi connectivity index (χ3v) is 3.68. The van der Waals surface area contributed by atoms with E-state index in [1.54, 1.807) is 0 Å². The zero-order chi connectivity index (χ0) is 15.6. The molecule has 0 spiro atoms. The van der Waals surface area contributed by atoms with E-state index in [0.717, 1.165) is 6.42 Å². The Morgan fingerprint density at radius 3 is 1.90 bits per heavy atom. The van der Waals surface area contributed by atoms with E-state index >= 15 is 0 Å². The van der Waals surface area contributed by atoms with E-state index in [4.69, 9.17) is 0 Å². The van der Waals surface area contributed by atoms with Crippen molar-refractivity contribution in [3.05, 3.63) is 0 Å². The summed E-state index contributed by atoms with van der Waals surface area (Å²) >= 11 is 0. The molecule has 1 heterocycles. The van der Waals surface area contributed by atoms with Gasteiger partial charge in [0.25, 0.3) is 0 Å². The summed E-state index contributed by atoms with van der Waals surface area (Å²) in [7, 11) is 6.04. The Labute approximate surface area is 120 Å². The molecule has 6 heteroatoms. The topological polar surface area (TPSA) is 75.3 Å². The average molecular weight is 284 g/mol. The van der Waals surface area contributed by atoms with E-state index in [-0.39, 0.29) is 0 Å². The maximum Gasteiger partial charge on any atom is 0.328 e. The molecule has 20 heavy (non-hydrogen) atoms. The molecule has 6 nitrogen and oxygen atoms in total. The second-order valence-electron chi connectivity index (χ2n) is 7.02. The van der Waals surface area contributed by atoms with Crippen molar-refractivity contribution in [3.8, 4) is 0 Å². The standard InChI is InChI=1S/C14H25N3O3/c1-10(2)6-7-14(8-9-17(3,4)5)11(18)15-13(20)16-12(14)19/h10H,6-9H2,1-5H3,(H-,15,16,18,19,20)/p+1. The lowest BCUT2D eigenvalue weighted by molar-refractivity contribution is -0.871. The van der Waals surface area contributed by atoms with Gasteiger partial charge in [-0.2, -0.15) is 0 Å². The Balaban J connectivity index is 2.96. The van der Waals surface area contributed by atoms with E-state index in [2.05, 4.69) is 24.5 Å². The van der Waals surface area contributed by atoms with Crippen LogP contribution in [0.1, 0.15) is 33.1 Å². The predicted octanol–water partition coefficient (Wildman–Crippen LogP) is 0.871. The summed E-state index contributed by atoms with van der Waals surface area (Å²) in [4.78, 5) is 35.8. The van der Waals surface area contributed by atoms with Crippen molar-refractivity contribution in [2.75, 3.05) is 27.7 Å². The first-order valence-corrected chi connectivity index (χ1v) is 7.04. The van der Waals surface area contributed by atoms with Gasteiger partial charge in [-0.3, -0.25) is 20.2 Å². The van der Waals surface area contributed by atoms with Crippen LogP contribution in [0.5, 0.6) is 0 Å². The number of nitrogens with zero attached hydrogens (tertiary/aromatic N) is 1. The van der Waals surface area contributed by atoms with Crippen molar-refractivity contribution in [3.63, 3.8) is 0 Å². The quantitative estimate of drug-likeness (QED) is 0.561. The van der Waals surface area contributed by atoms with Gasteiger partial charge >= 0.3 is 6.03 Å². The van der Waals surface area contributed by atoms with Crippen LogP contribution in [0.15, 0.2) is 0 Å². The van der Waals surface area contributed by atoms with Crippen molar-refractivity contribution >= 4 is 17.8 Å². The van der Waals surface area contributed by atoms with Crippen LogP contribution in [0.25, 0.3) is 0 Å². The zero-order valence-corrected chi connectivity index (χ0v) is 13.1. The number of rotatable bonds is 6. The fraction of sp³-hybridized carbons (Fsp3) is 0.786. The Morgan fingerprint density at radius 1 is 1.00 bits per heavy atom. The van der Waals surface area contributed by atoms with Gasteiger partial charge in [0.15, 0.2) is 0 Å². The zero-order valence-electron chi connectivity index (χ0n) is 13.1. The number of carbonyl (C=O) groups excluding carboxylic acids is 3. The van der Waals surface area contributed by atoms with Crippen LogP contribution < -0.4 is 10.6 Å². The molecule has 0 aliphatic carbocycles. The number of imide groups is 2. The lowest BCUT2D eigenvalue weighted by Crippen LogP contribution is -2.63. The summed E-state index contributed by atoms with van der Waals surface area (Å²) in [6, 6.07) is -0.717. The molecule has 0 aromatic carbocycles. The third-order valence-electron chi connectivity index (χ3n) is 3.68. The van der Waals surface area contributed by atoms with Crippen molar-refractivity contribution in [2.24, 2.45) is 11.3 Å². The SMILES string of the molecule is CC(C)CCC1(CC[N+](C)(C)C)C(=O)NC(=O)NC1=O. The first-order valence-electron chi connectivity index (χ1n) is 7.04. The van der Waals surface area contributed by atoms with E-state index in [1.165, 1.54) is 0 Å². The molecule has 4 amide bonds. The maximum atomic E-state index is 12.3. The molecule has 0 radical (unpaired) electrons. The first kappa shape index (κ1) is 16.6. The highest BCUT2D eigenvalue weighted by Crippen LogP contribution is 2.33. The Bertz CT molecular complexity index is 390. The Hall–Kier alpha value is -1.43. The monoisotopic (exact) mass is 284 g/mol. The summed E-state index contributed by atoms with van der Waals surface area (Å²) in [5.74, 6) is -0.519. The molecule has 2 N–H and O–H groups in total. The molecule has 114 valence electrons. The van der Waals surface area contributed by atoms with Crippen LogP contribution in [0.2, 0.25) is 0 Å². The van der Waals surface area contributed by atoms with E-state index < -0.39 is 23.3 Å². The molecule has 0 aromatic heterocycles. The molecule has 1 fully saturated rings. The molecule has 0 atom stereocenters. The second kappa shape index (κ2) is 5.91.